The van der Waals surface area contributed by atoms with E-state index in [2.05, 4.69) is 11.9 Å². The molecule has 0 bridgehead atoms. The summed E-state index contributed by atoms with van der Waals surface area (Å²) in [5.74, 6) is 1.07. The number of ether oxygens (including phenoxy) is 2. The van der Waals surface area contributed by atoms with Gasteiger partial charge >= 0.3 is 0 Å². The smallest absolute Gasteiger partial charge is 0.268 e. The molecule has 6 heteroatoms. The van der Waals surface area contributed by atoms with E-state index in [9.17, 15) is 9.59 Å². The van der Waals surface area contributed by atoms with Gasteiger partial charge < -0.3 is 19.7 Å². The van der Waals surface area contributed by atoms with Gasteiger partial charge in [0.15, 0.2) is 6.10 Å². The summed E-state index contributed by atoms with van der Waals surface area (Å²) in [5, 5.41) is 2.87. The first-order chi connectivity index (χ1) is 13.0. The molecule has 0 aromatic heterocycles. The van der Waals surface area contributed by atoms with Gasteiger partial charge in [0.25, 0.3) is 5.91 Å². The van der Waals surface area contributed by atoms with E-state index in [0.717, 1.165) is 11.3 Å². The number of benzene rings is 2. The van der Waals surface area contributed by atoms with E-state index >= 15 is 0 Å². The van der Waals surface area contributed by atoms with Crippen LogP contribution in [0.25, 0.3) is 0 Å². The quantitative estimate of drug-likeness (QED) is 0.798. The lowest BCUT2D eigenvalue weighted by Gasteiger charge is -2.32. The first kappa shape index (κ1) is 18.5. The number of nitrogens with one attached hydrogen (secondary N) is 1. The number of amides is 2. The largest absolute Gasteiger partial charge is 0.497 e. The summed E-state index contributed by atoms with van der Waals surface area (Å²) in [5.41, 5.74) is 2.11. The molecule has 1 unspecified atom stereocenters. The molecule has 2 amide bonds. The van der Waals surface area contributed by atoms with Crippen molar-refractivity contribution in [3.8, 4) is 11.5 Å². The van der Waals surface area contributed by atoms with Gasteiger partial charge in [-0.15, -0.1) is 6.58 Å². The zero-order chi connectivity index (χ0) is 19.4. The molecule has 1 atom stereocenters. The monoisotopic (exact) mass is 366 g/mol. The lowest BCUT2D eigenvalue weighted by Crippen LogP contribution is -2.44. The van der Waals surface area contributed by atoms with Crippen molar-refractivity contribution in [3.05, 3.63) is 60.7 Å². The predicted molar refractivity (Wildman–Crippen MR) is 104 cm³/mol. The van der Waals surface area contributed by atoms with Gasteiger partial charge in [0.05, 0.1) is 19.2 Å². The van der Waals surface area contributed by atoms with Crippen molar-refractivity contribution >= 4 is 23.2 Å². The maximum Gasteiger partial charge on any atom is 0.268 e. The highest BCUT2D eigenvalue weighted by molar-refractivity contribution is 6.01. The lowest BCUT2D eigenvalue weighted by atomic mass is 10.1. The molecule has 1 heterocycles. The van der Waals surface area contributed by atoms with Crippen molar-refractivity contribution in [2.75, 3.05) is 23.9 Å². The van der Waals surface area contributed by atoms with Crippen LogP contribution < -0.4 is 19.7 Å². The molecule has 1 aliphatic heterocycles. The zero-order valence-corrected chi connectivity index (χ0v) is 15.4. The molecule has 6 nitrogen and oxygen atoms in total. The van der Waals surface area contributed by atoms with Crippen LogP contribution in [0, 0.1) is 0 Å². The molecule has 2 aromatic rings. The van der Waals surface area contributed by atoms with Gasteiger partial charge in [0.1, 0.15) is 11.5 Å². The Morgan fingerprint density at radius 3 is 2.70 bits per heavy atom. The molecular formula is C21H22N2O4. The van der Waals surface area contributed by atoms with Crippen LogP contribution >= 0.6 is 0 Å². The molecule has 2 aromatic carbocycles. The van der Waals surface area contributed by atoms with E-state index in [1.807, 2.05) is 24.3 Å². The summed E-state index contributed by atoms with van der Waals surface area (Å²) in [7, 11) is 1.60. The Kier molecular flexibility index (Phi) is 5.45. The van der Waals surface area contributed by atoms with E-state index in [-0.39, 0.29) is 18.2 Å². The number of hydrogen-bond acceptors (Lipinski definition) is 4. The summed E-state index contributed by atoms with van der Waals surface area (Å²) in [6.07, 6.45) is 1.35. The van der Waals surface area contributed by atoms with Gasteiger partial charge in [-0.3, -0.25) is 9.59 Å². The van der Waals surface area contributed by atoms with Gasteiger partial charge in [0.2, 0.25) is 5.91 Å². The Morgan fingerprint density at radius 2 is 2.04 bits per heavy atom. The number of rotatable bonds is 6. The van der Waals surface area contributed by atoms with Crippen LogP contribution in [0.15, 0.2) is 55.1 Å². The Hall–Kier alpha value is -3.28. The van der Waals surface area contributed by atoms with Crippen molar-refractivity contribution in [1.29, 1.82) is 0 Å². The molecule has 3 rings (SSSR count). The molecule has 0 saturated heterocycles. The van der Waals surface area contributed by atoms with Crippen molar-refractivity contribution in [3.63, 3.8) is 0 Å². The molecule has 0 saturated carbocycles. The lowest BCUT2D eigenvalue weighted by molar-refractivity contribution is -0.125. The Balaban J connectivity index is 1.74. The van der Waals surface area contributed by atoms with Crippen molar-refractivity contribution < 1.29 is 19.1 Å². The highest BCUT2D eigenvalue weighted by Crippen LogP contribution is 2.36. The summed E-state index contributed by atoms with van der Waals surface area (Å²) in [6, 6.07) is 12.6. The third kappa shape index (κ3) is 4.11. The molecule has 1 N–H and O–H groups in total. The molecule has 27 heavy (non-hydrogen) atoms. The molecule has 0 radical (unpaired) electrons. The third-order valence-electron chi connectivity index (χ3n) is 4.29. The SMILES string of the molecule is C=CCN1C(=O)C(C)Oc2ccc(NC(=O)Cc3ccc(OC)cc3)cc21. The Labute approximate surface area is 158 Å². The van der Waals surface area contributed by atoms with Crippen LogP contribution in [-0.2, 0) is 16.0 Å². The van der Waals surface area contributed by atoms with Crippen molar-refractivity contribution in [2.45, 2.75) is 19.4 Å². The Bertz CT molecular complexity index is 861. The van der Waals surface area contributed by atoms with Gasteiger partial charge in [-0.1, -0.05) is 18.2 Å². The fraction of sp³-hybridized carbons (Fsp3) is 0.238. The van der Waals surface area contributed by atoms with Crippen LogP contribution in [0.4, 0.5) is 11.4 Å². The molecule has 140 valence electrons. The minimum absolute atomic E-state index is 0.135. The topological polar surface area (TPSA) is 67.9 Å². The number of fused-ring (bicyclic) bond motifs is 1. The van der Waals surface area contributed by atoms with Crippen LogP contribution in [0.5, 0.6) is 11.5 Å². The number of hydrogen-bond donors (Lipinski definition) is 1. The molecule has 0 aliphatic carbocycles. The number of carbonyl (C=O) groups is 2. The number of carbonyl (C=O) groups excluding carboxylic acids is 2. The summed E-state index contributed by atoms with van der Waals surface area (Å²) in [4.78, 5) is 26.3. The van der Waals surface area contributed by atoms with Crippen LogP contribution in [0.3, 0.4) is 0 Å². The second-order valence-corrected chi connectivity index (χ2v) is 6.25. The highest BCUT2D eigenvalue weighted by atomic mass is 16.5. The van der Waals surface area contributed by atoms with Crippen molar-refractivity contribution in [1.82, 2.24) is 0 Å². The van der Waals surface area contributed by atoms with Gasteiger partial charge in [-0.25, -0.2) is 0 Å². The third-order valence-corrected chi connectivity index (χ3v) is 4.29. The number of nitrogens with zero attached hydrogens (tertiary/aromatic N) is 1. The van der Waals surface area contributed by atoms with Crippen molar-refractivity contribution in [2.24, 2.45) is 0 Å². The minimum Gasteiger partial charge on any atom is -0.497 e. The summed E-state index contributed by atoms with van der Waals surface area (Å²) in [6.45, 7) is 5.80. The highest BCUT2D eigenvalue weighted by Gasteiger charge is 2.30. The van der Waals surface area contributed by atoms with E-state index in [1.165, 1.54) is 0 Å². The maximum absolute atomic E-state index is 12.4. The minimum atomic E-state index is -0.548. The van der Waals surface area contributed by atoms with E-state index < -0.39 is 6.10 Å². The average molecular weight is 366 g/mol. The standard InChI is InChI=1S/C21H22N2O4/c1-4-11-23-18-13-16(7-10-19(18)27-14(2)21(23)25)22-20(24)12-15-5-8-17(26-3)9-6-15/h4-10,13-14H,1,11-12H2,2-3H3,(H,22,24). The van der Waals surface area contributed by atoms with Crippen LogP contribution in [-0.4, -0.2) is 31.6 Å². The van der Waals surface area contributed by atoms with E-state index in [4.69, 9.17) is 9.47 Å². The fourth-order valence-corrected chi connectivity index (χ4v) is 2.94. The average Bonchev–Trinajstić information content (AvgIpc) is 2.66. The number of anilines is 2. The maximum atomic E-state index is 12.4. The molecule has 0 fully saturated rings. The first-order valence-corrected chi connectivity index (χ1v) is 8.67. The zero-order valence-electron chi connectivity index (χ0n) is 15.4. The van der Waals surface area contributed by atoms with Crippen LogP contribution in [0.1, 0.15) is 12.5 Å². The normalized spacial score (nSPS) is 15.6. The molecule has 0 spiro atoms. The number of methoxy groups -OCH3 is 1. The molecule has 1 aliphatic rings. The fourth-order valence-electron chi connectivity index (χ4n) is 2.94. The van der Waals surface area contributed by atoms with E-state index in [1.54, 1.807) is 43.2 Å². The van der Waals surface area contributed by atoms with Crippen LogP contribution in [0.2, 0.25) is 0 Å². The van der Waals surface area contributed by atoms with Gasteiger partial charge in [-0.2, -0.15) is 0 Å². The predicted octanol–water partition coefficient (Wildman–Crippen LogP) is 3.18. The second kappa shape index (κ2) is 7.95. The summed E-state index contributed by atoms with van der Waals surface area (Å²) < 4.78 is 10.8. The second-order valence-electron chi connectivity index (χ2n) is 6.25. The van der Waals surface area contributed by atoms with E-state index in [0.29, 0.717) is 23.7 Å². The van der Waals surface area contributed by atoms with Gasteiger partial charge in [-0.05, 0) is 42.8 Å². The molecular weight excluding hydrogens is 344 g/mol. The van der Waals surface area contributed by atoms with Gasteiger partial charge in [0, 0.05) is 12.2 Å². The Morgan fingerprint density at radius 1 is 1.30 bits per heavy atom. The summed E-state index contributed by atoms with van der Waals surface area (Å²) >= 11 is 0. The first-order valence-electron chi connectivity index (χ1n) is 8.67.